The van der Waals surface area contributed by atoms with Crippen LogP contribution in [0.25, 0.3) is 0 Å². The number of amides is 1. The first-order valence-corrected chi connectivity index (χ1v) is 8.07. The van der Waals surface area contributed by atoms with E-state index in [4.69, 9.17) is 14.2 Å². The van der Waals surface area contributed by atoms with Crippen LogP contribution in [0, 0.1) is 0 Å². The molecule has 0 saturated carbocycles. The van der Waals surface area contributed by atoms with Crippen LogP contribution in [-0.2, 0) is 19.0 Å². The van der Waals surface area contributed by atoms with Crippen LogP contribution < -0.4 is 10.6 Å². The van der Waals surface area contributed by atoms with Crippen LogP contribution >= 0.6 is 15.9 Å². The number of ether oxygens (including phenoxy) is 3. The molecule has 0 aromatic carbocycles. The third-order valence-corrected chi connectivity index (χ3v) is 2.57. The summed E-state index contributed by atoms with van der Waals surface area (Å²) in [6, 6.07) is 0. The van der Waals surface area contributed by atoms with Crippen molar-refractivity contribution < 1.29 is 19.0 Å². The molecule has 0 aromatic heterocycles. The molecule has 0 fully saturated rings. The zero-order valence-corrected chi connectivity index (χ0v) is 14.8. The number of hydrogen-bond donors (Lipinski definition) is 2. The van der Waals surface area contributed by atoms with E-state index in [2.05, 4.69) is 33.1 Å². The van der Waals surface area contributed by atoms with Crippen molar-refractivity contribution >= 4 is 21.8 Å². The second kappa shape index (κ2) is 11.8. The second-order valence-corrected chi connectivity index (χ2v) is 5.83. The maximum absolute atomic E-state index is 10.9. The van der Waals surface area contributed by atoms with Gasteiger partial charge < -0.3 is 24.8 Å². The van der Waals surface area contributed by atoms with Crippen molar-refractivity contribution in [1.29, 1.82) is 0 Å². The molecular weight excluding hydrogens is 340 g/mol. The number of carbonyl (C=O) groups excluding carboxylic acids is 1. The number of halogens is 1. The van der Waals surface area contributed by atoms with Gasteiger partial charge in [0.25, 0.3) is 0 Å². The van der Waals surface area contributed by atoms with Crippen molar-refractivity contribution in [2.45, 2.75) is 26.4 Å². The maximum Gasteiger partial charge on any atom is 0.230 e. The average molecular weight is 367 g/mol. The third-order valence-electron chi connectivity index (χ3n) is 2.06. The Balaban J connectivity index is 3.26. The second-order valence-electron chi connectivity index (χ2n) is 5.27. The van der Waals surface area contributed by atoms with Gasteiger partial charge in [-0.15, -0.1) is 0 Å². The molecule has 0 aliphatic carbocycles. The van der Waals surface area contributed by atoms with E-state index in [0.29, 0.717) is 50.7 Å². The molecule has 7 heteroatoms. The molecule has 0 spiro atoms. The van der Waals surface area contributed by atoms with E-state index in [1.54, 1.807) is 0 Å². The zero-order valence-electron chi connectivity index (χ0n) is 13.2. The van der Waals surface area contributed by atoms with E-state index >= 15 is 0 Å². The number of carbonyl (C=O) groups is 1. The van der Waals surface area contributed by atoms with E-state index < -0.39 is 0 Å². The smallest absolute Gasteiger partial charge is 0.230 e. The monoisotopic (exact) mass is 366 g/mol. The molecule has 0 saturated heterocycles. The van der Waals surface area contributed by atoms with E-state index in [0.717, 1.165) is 0 Å². The molecule has 0 atom stereocenters. The molecule has 0 aliphatic heterocycles. The van der Waals surface area contributed by atoms with Crippen LogP contribution in [0.5, 0.6) is 0 Å². The molecule has 6 nitrogen and oxygen atoms in total. The Bertz CT molecular complexity index is 306. The Morgan fingerprint density at radius 2 is 1.57 bits per heavy atom. The van der Waals surface area contributed by atoms with Gasteiger partial charge in [-0.2, -0.15) is 0 Å². The van der Waals surface area contributed by atoms with Crippen molar-refractivity contribution in [2.24, 2.45) is 0 Å². The summed E-state index contributed by atoms with van der Waals surface area (Å²) in [4.78, 5) is 10.9. The highest BCUT2D eigenvalue weighted by atomic mass is 79.9. The van der Waals surface area contributed by atoms with Gasteiger partial charge in [-0.3, -0.25) is 4.79 Å². The Morgan fingerprint density at radius 3 is 2.05 bits per heavy atom. The quantitative estimate of drug-likeness (QED) is 0.310. The van der Waals surface area contributed by atoms with Gasteiger partial charge in [0.05, 0.1) is 31.8 Å². The standard InChI is InChI=1S/C14H27BrN2O4/c1-12(21-14(2,3)4)16-5-7-19-9-10-20-8-6-17-13(18)11-15/h16H,1,5-11H2,2-4H3,(H,17,18). The molecule has 0 rings (SSSR count). The molecule has 0 unspecified atom stereocenters. The summed E-state index contributed by atoms with van der Waals surface area (Å²) < 4.78 is 16.2. The summed E-state index contributed by atoms with van der Waals surface area (Å²) in [6.07, 6.45) is 0. The van der Waals surface area contributed by atoms with Crippen LogP contribution in [-0.4, -0.2) is 56.4 Å². The molecule has 0 radical (unpaired) electrons. The van der Waals surface area contributed by atoms with Crippen molar-refractivity contribution in [1.82, 2.24) is 10.6 Å². The average Bonchev–Trinajstić information content (AvgIpc) is 2.38. The van der Waals surface area contributed by atoms with E-state index in [1.165, 1.54) is 0 Å². The molecule has 0 bridgehead atoms. The van der Waals surface area contributed by atoms with Gasteiger partial charge in [-0.25, -0.2) is 0 Å². The van der Waals surface area contributed by atoms with Crippen LogP contribution in [0.2, 0.25) is 0 Å². The van der Waals surface area contributed by atoms with Gasteiger partial charge in [0.15, 0.2) is 5.88 Å². The van der Waals surface area contributed by atoms with Crippen LogP contribution in [0.15, 0.2) is 12.5 Å². The predicted octanol–water partition coefficient (Wildman–Crippen LogP) is 1.41. The van der Waals surface area contributed by atoms with Gasteiger partial charge in [-0.1, -0.05) is 15.9 Å². The predicted molar refractivity (Wildman–Crippen MR) is 86.4 cm³/mol. The minimum absolute atomic E-state index is 0.0429. The summed E-state index contributed by atoms with van der Waals surface area (Å²) in [5.74, 6) is 0.503. The van der Waals surface area contributed by atoms with E-state index in [1.807, 2.05) is 20.8 Å². The minimum atomic E-state index is -0.247. The van der Waals surface area contributed by atoms with Gasteiger partial charge >= 0.3 is 0 Å². The normalized spacial score (nSPS) is 11.0. The van der Waals surface area contributed by atoms with Gasteiger partial charge in [0, 0.05) is 13.1 Å². The largest absolute Gasteiger partial charge is 0.474 e. The van der Waals surface area contributed by atoms with Gasteiger partial charge in [-0.05, 0) is 27.4 Å². The highest BCUT2D eigenvalue weighted by Crippen LogP contribution is 2.09. The van der Waals surface area contributed by atoms with Crippen molar-refractivity contribution in [3.63, 3.8) is 0 Å². The molecule has 2 N–H and O–H groups in total. The van der Waals surface area contributed by atoms with Crippen LogP contribution in [0.1, 0.15) is 20.8 Å². The highest BCUT2D eigenvalue weighted by molar-refractivity contribution is 9.09. The third kappa shape index (κ3) is 15.4. The van der Waals surface area contributed by atoms with E-state index in [-0.39, 0.29) is 11.5 Å². The molecule has 1 amide bonds. The fourth-order valence-electron chi connectivity index (χ4n) is 1.30. The first kappa shape index (κ1) is 20.2. The topological polar surface area (TPSA) is 68.8 Å². The first-order valence-electron chi connectivity index (χ1n) is 6.95. The molecule has 0 heterocycles. The van der Waals surface area contributed by atoms with Crippen LogP contribution in [0.4, 0.5) is 0 Å². The molecular formula is C14H27BrN2O4. The fourth-order valence-corrected chi connectivity index (χ4v) is 1.50. The Hall–Kier alpha value is -0.790. The van der Waals surface area contributed by atoms with E-state index in [9.17, 15) is 4.79 Å². The van der Waals surface area contributed by atoms with Gasteiger partial charge in [0.2, 0.25) is 5.91 Å². The van der Waals surface area contributed by atoms with Crippen molar-refractivity contribution in [2.75, 3.05) is 44.8 Å². The fraction of sp³-hybridized carbons (Fsp3) is 0.786. The molecule has 21 heavy (non-hydrogen) atoms. The summed E-state index contributed by atoms with van der Waals surface area (Å²) in [6.45, 7) is 12.9. The Labute approximate surface area is 135 Å². The molecule has 0 aliphatic rings. The van der Waals surface area contributed by atoms with Gasteiger partial charge in [0.1, 0.15) is 5.60 Å². The maximum atomic E-state index is 10.9. The lowest BCUT2D eigenvalue weighted by molar-refractivity contribution is -0.118. The number of nitrogens with one attached hydrogen (secondary N) is 2. The highest BCUT2D eigenvalue weighted by Gasteiger charge is 2.11. The lowest BCUT2D eigenvalue weighted by Crippen LogP contribution is -2.28. The summed E-state index contributed by atoms with van der Waals surface area (Å²) in [5, 5.41) is 6.04. The molecule has 0 aromatic rings. The SMILES string of the molecule is C=C(NCCOCCOCCNC(=O)CBr)OC(C)(C)C. The zero-order chi connectivity index (χ0) is 16.1. The van der Waals surface area contributed by atoms with Crippen LogP contribution in [0.3, 0.4) is 0 Å². The Morgan fingerprint density at radius 1 is 1.05 bits per heavy atom. The molecule has 124 valence electrons. The summed E-state index contributed by atoms with van der Waals surface area (Å²) >= 11 is 3.06. The summed E-state index contributed by atoms with van der Waals surface area (Å²) in [5.41, 5.74) is -0.247. The number of rotatable bonds is 12. The minimum Gasteiger partial charge on any atom is -0.474 e. The van der Waals surface area contributed by atoms with Crippen molar-refractivity contribution in [3.8, 4) is 0 Å². The first-order chi connectivity index (χ1) is 9.85. The van der Waals surface area contributed by atoms with Crippen molar-refractivity contribution in [3.05, 3.63) is 12.5 Å². The number of alkyl halides is 1. The number of hydrogen-bond acceptors (Lipinski definition) is 5. The Kier molecular flexibility index (Phi) is 11.4. The lowest BCUT2D eigenvalue weighted by atomic mass is 10.2. The summed E-state index contributed by atoms with van der Waals surface area (Å²) in [7, 11) is 0. The lowest BCUT2D eigenvalue weighted by Gasteiger charge is -2.23.